The van der Waals surface area contributed by atoms with Gasteiger partial charge in [0.1, 0.15) is 5.02 Å². The highest BCUT2D eigenvalue weighted by Gasteiger charge is 2.20. The Labute approximate surface area is 195 Å². The first-order valence-corrected chi connectivity index (χ1v) is 11.5. The van der Waals surface area contributed by atoms with E-state index >= 15 is 0 Å². The van der Waals surface area contributed by atoms with Crippen molar-refractivity contribution >= 4 is 40.8 Å². The standard InChI is InChI=1S/C25H31ClN6/c1-17(27-3)8-9-19-14-20-15-21(10-11-23(20)31(4)18(19)2)29-24-22(26)16-28-25(30-24)32-12-6-5-7-13-32/h10-11,14-16,27H,1-2,5-9,12-13H2,3-4H3,(H,28,29,30). The summed E-state index contributed by atoms with van der Waals surface area (Å²) in [6.07, 6.45) is 9.28. The smallest absolute Gasteiger partial charge is 0.227 e. The normalized spacial score (nSPS) is 15.8. The predicted octanol–water partition coefficient (Wildman–Crippen LogP) is 5.72. The molecule has 0 amide bonds. The second-order valence-electron chi connectivity index (χ2n) is 8.34. The van der Waals surface area contributed by atoms with E-state index in [1.807, 2.05) is 13.1 Å². The Kier molecular flexibility index (Phi) is 6.70. The Morgan fingerprint density at radius 3 is 2.75 bits per heavy atom. The van der Waals surface area contributed by atoms with Gasteiger partial charge in [0.25, 0.3) is 0 Å². The summed E-state index contributed by atoms with van der Waals surface area (Å²) >= 11 is 6.43. The lowest BCUT2D eigenvalue weighted by atomic mass is 9.96. The van der Waals surface area contributed by atoms with Crippen LogP contribution in [0.2, 0.25) is 5.02 Å². The van der Waals surface area contributed by atoms with Gasteiger partial charge in [-0.15, -0.1) is 0 Å². The van der Waals surface area contributed by atoms with Crippen LogP contribution in [0, 0.1) is 0 Å². The van der Waals surface area contributed by atoms with E-state index in [0.717, 1.165) is 60.2 Å². The van der Waals surface area contributed by atoms with Crippen LogP contribution in [-0.2, 0) is 0 Å². The van der Waals surface area contributed by atoms with Gasteiger partial charge in [-0.25, -0.2) is 4.98 Å². The van der Waals surface area contributed by atoms with Crippen molar-refractivity contribution in [3.05, 3.63) is 65.1 Å². The number of hydrogen-bond acceptors (Lipinski definition) is 6. The molecule has 2 N–H and O–H groups in total. The van der Waals surface area contributed by atoms with Gasteiger partial charge in [-0.2, -0.15) is 4.98 Å². The monoisotopic (exact) mass is 450 g/mol. The fraction of sp³-hybridized carbons (Fsp3) is 0.360. The van der Waals surface area contributed by atoms with Crippen LogP contribution in [0.15, 0.2) is 54.5 Å². The number of piperidine rings is 1. The van der Waals surface area contributed by atoms with Crippen LogP contribution in [0.25, 0.3) is 6.08 Å². The molecule has 2 aliphatic rings. The van der Waals surface area contributed by atoms with Crippen LogP contribution >= 0.6 is 11.6 Å². The van der Waals surface area contributed by atoms with Crippen LogP contribution in [0.5, 0.6) is 0 Å². The van der Waals surface area contributed by atoms with Crippen LogP contribution in [-0.4, -0.2) is 37.2 Å². The molecule has 0 unspecified atom stereocenters. The molecule has 6 nitrogen and oxygen atoms in total. The SMILES string of the molecule is C=C(CCC1=Cc2cc(Nc3nc(N4CCCCC4)ncc3Cl)ccc2N(C)C1=C)NC. The second kappa shape index (κ2) is 9.65. The Morgan fingerprint density at radius 2 is 2.00 bits per heavy atom. The van der Waals surface area contributed by atoms with Crippen molar-refractivity contribution in [3.8, 4) is 0 Å². The molecule has 0 atom stereocenters. The van der Waals surface area contributed by atoms with Gasteiger partial charge < -0.3 is 20.4 Å². The first-order chi connectivity index (χ1) is 15.5. The van der Waals surface area contributed by atoms with E-state index in [2.05, 4.69) is 63.8 Å². The van der Waals surface area contributed by atoms with Crippen LogP contribution in [0.1, 0.15) is 37.7 Å². The first-order valence-electron chi connectivity index (χ1n) is 11.1. The van der Waals surface area contributed by atoms with Crippen molar-refractivity contribution in [2.45, 2.75) is 32.1 Å². The molecular formula is C25H31ClN6. The number of nitrogens with zero attached hydrogens (tertiary/aromatic N) is 4. The zero-order valence-electron chi connectivity index (χ0n) is 18.9. The van der Waals surface area contributed by atoms with Gasteiger partial charge in [0, 0.05) is 55.5 Å². The van der Waals surface area contributed by atoms with E-state index in [1.54, 1.807) is 6.20 Å². The van der Waals surface area contributed by atoms with E-state index in [4.69, 9.17) is 16.6 Å². The third kappa shape index (κ3) is 4.75. The summed E-state index contributed by atoms with van der Waals surface area (Å²) in [5.41, 5.74) is 6.44. The summed E-state index contributed by atoms with van der Waals surface area (Å²) in [5, 5.41) is 7.02. The number of anilines is 4. The Bertz CT molecular complexity index is 1050. The van der Waals surface area contributed by atoms with Gasteiger partial charge in [-0.1, -0.05) is 24.8 Å². The number of likely N-dealkylation sites (N-methyl/N-ethyl adjacent to an activating group) is 1. The third-order valence-corrected chi connectivity index (χ3v) is 6.45. The quantitative estimate of drug-likeness (QED) is 0.562. The molecule has 32 heavy (non-hydrogen) atoms. The summed E-state index contributed by atoms with van der Waals surface area (Å²) in [6, 6.07) is 6.27. The Hall–Kier alpha value is -2.99. The van der Waals surface area contributed by atoms with Crippen molar-refractivity contribution in [2.75, 3.05) is 42.3 Å². The first kappa shape index (κ1) is 22.2. The Balaban J connectivity index is 1.58. The van der Waals surface area contributed by atoms with Crippen molar-refractivity contribution in [1.29, 1.82) is 0 Å². The molecule has 0 spiro atoms. The summed E-state index contributed by atoms with van der Waals surface area (Å²) in [6.45, 7) is 10.3. The molecule has 1 aromatic heterocycles. The second-order valence-corrected chi connectivity index (χ2v) is 8.75. The maximum atomic E-state index is 6.43. The molecule has 0 radical (unpaired) electrons. The summed E-state index contributed by atoms with van der Waals surface area (Å²) < 4.78 is 0. The van der Waals surface area contributed by atoms with Gasteiger partial charge in [0.2, 0.25) is 5.95 Å². The predicted molar refractivity (Wildman–Crippen MR) is 136 cm³/mol. The highest BCUT2D eigenvalue weighted by atomic mass is 35.5. The largest absolute Gasteiger partial charge is 0.392 e. The maximum Gasteiger partial charge on any atom is 0.227 e. The van der Waals surface area contributed by atoms with E-state index in [0.29, 0.717) is 10.8 Å². The summed E-state index contributed by atoms with van der Waals surface area (Å²) in [5.74, 6) is 1.36. The number of aromatic nitrogens is 2. The number of nitrogens with one attached hydrogen (secondary N) is 2. The molecule has 0 bridgehead atoms. The number of halogens is 1. The maximum absolute atomic E-state index is 6.43. The van der Waals surface area contributed by atoms with Gasteiger partial charge >= 0.3 is 0 Å². The van der Waals surface area contributed by atoms with Crippen LogP contribution in [0.3, 0.4) is 0 Å². The number of allylic oxidation sites excluding steroid dienone is 2. The van der Waals surface area contributed by atoms with Gasteiger partial charge in [-0.3, -0.25) is 0 Å². The lowest BCUT2D eigenvalue weighted by Gasteiger charge is -2.30. The molecule has 168 valence electrons. The molecule has 1 saturated heterocycles. The lowest BCUT2D eigenvalue weighted by Crippen LogP contribution is -2.31. The minimum atomic E-state index is 0.510. The van der Waals surface area contributed by atoms with E-state index in [-0.39, 0.29) is 0 Å². The van der Waals surface area contributed by atoms with E-state index < -0.39 is 0 Å². The molecule has 0 saturated carbocycles. The number of rotatable bonds is 7. The molecule has 7 heteroatoms. The average Bonchev–Trinajstić information content (AvgIpc) is 2.82. The highest BCUT2D eigenvalue weighted by molar-refractivity contribution is 6.32. The van der Waals surface area contributed by atoms with Crippen molar-refractivity contribution in [3.63, 3.8) is 0 Å². The molecule has 1 aromatic carbocycles. The fourth-order valence-corrected chi connectivity index (χ4v) is 4.28. The minimum absolute atomic E-state index is 0.510. The number of fused-ring (bicyclic) bond motifs is 1. The van der Waals surface area contributed by atoms with Gasteiger partial charge in [0.05, 0.1) is 6.20 Å². The van der Waals surface area contributed by atoms with Crippen molar-refractivity contribution in [2.24, 2.45) is 0 Å². The minimum Gasteiger partial charge on any atom is -0.392 e. The summed E-state index contributed by atoms with van der Waals surface area (Å²) in [7, 11) is 3.96. The fourth-order valence-electron chi connectivity index (χ4n) is 4.14. The van der Waals surface area contributed by atoms with Gasteiger partial charge in [-0.05, 0) is 62.0 Å². The lowest BCUT2D eigenvalue weighted by molar-refractivity contribution is 0.568. The van der Waals surface area contributed by atoms with Gasteiger partial charge in [0.15, 0.2) is 5.82 Å². The zero-order valence-corrected chi connectivity index (χ0v) is 19.7. The topological polar surface area (TPSA) is 56.3 Å². The number of hydrogen-bond donors (Lipinski definition) is 2. The molecule has 1 fully saturated rings. The van der Waals surface area contributed by atoms with Crippen molar-refractivity contribution < 1.29 is 0 Å². The third-order valence-electron chi connectivity index (χ3n) is 6.18. The summed E-state index contributed by atoms with van der Waals surface area (Å²) in [4.78, 5) is 13.5. The highest BCUT2D eigenvalue weighted by Crippen LogP contribution is 2.37. The molecule has 0 aliphatic carbocycles. The molecular weight excluding hydrogens is 420 g/mol. The van der Waals surface area contributed by atoms with E-state index in [1.165, 1.54) is 24.8 Å². The molecule has 3 heterocycles. The zero-order chi connectivity index (χ0) is 22.7. The van der Waals surface area contributed by atoms with E-state index in [9.17, 15) is 0 Å². The molecule has 2 aliphatic heterocycles. The van der Waals surface area contributed by atoms with Crippen LogP contribution < -0.4 is 20.4 Å². The Morgan fingerprint density at radius 1 is 1.22 bits per heavy atom. The van der Waals surface area contributed by atoms with Crippen molar-refractivity contribution in [1.82, 2.24) is 15.3 Å². The molecule has 2 aromatic rings. The molecule has 4 rings (SSSR count). The van der Waals surface area contributed by atoms with Crippen LogP contribution in [0.4, 0.5) is 23.1 Å². The number of benzene rings is 1. The average molecular weight is 451 g/mol.